The highest BCUT2D eigenvalue weighted by atomic mass is 32.2. The summed E-state index contributed by atoms with van der Waals surface area (Å²) >= 11 is 1.29. The minimum Gasteiger partial charge on any atom is -0.360 e. The number of nitrogens with zero attached hydrogens (tertiary/aromatic N) is 2. The molecule has 0 aliphatic carbocycles. The lowest BCUT2D eigenvalue weighted by molar-refractivity contribution is -0.117. The molecule has 0 saturated carbocycles. The monoisotopic (exact) mass is 463 g/mol. The number of rotatable bonds is 5. The van der Waals surface area contributed by atoms with E-state index in [-0.39, 0.29) is 11.5 Å². The van der Waals surface area contributed by atoms with Crippen LogP contribution in [0.5, 0.6) is 0 Å². The van der Waals surface area contributed by atoms with Crippen LogP contribution in [-0.2, 0) is 11.2 Å². The van der Waals surface area contributed by atoms with Crippen molar-refractivity contribution in [1.29, 1.82) is 5.26 Å². The van der Waals surface area contributed by atoms with Crippen molar-refractivity contribution in [3.63, 3.8) is 0 Å². The SMILES string of the molecule is Cc1cccc(C[C@H]2S/C(=C(/C#N)C(=O)c3c[nH]c4ccccc34)N(c3ccccc3)C2=O)c1. The zero-order chi connectivity index (χ0) is 23.7. The number of aromatic nitrogens is 1. The Bertz CT molecular complexity index is 1480. The summed E-state index contributed by atoms with van der Waals surface area (Å²) in [4.78, 5) is 31.8. The lowest BCUT2D eigenvalue weighted by atomic mass is 10.0. The molecule has 1 saturated heterocycles. The van der Waals surface area contributed by atoms with Gasteiger partial charge in [0.25, 0.3) is 0 Å². The molecule has 1 aromatic heterocycles. The van der Waals surface area contributed by atoms with Crippen molar-refractivity contribution < 1.29 is 9.59 Å². The zero-order valence-electron chi connectivity index (χ0n) is 18.5. The number of H-pyrrole nitrogens is 1. The maximum atomic E-state index is 13.6. The molecule has 166 valence electrons. The van der Waals surface area contributed by atoms with Gasteiger partial charge in [0.05, 0.1) is 5.25 Å². The van der Waals surface area contributed by atoms with Crippen LogP contribution in [0.25, 0.3) is 10.9 Å². The van der Waals surface area contributed by atoms with Crippen LogP contribution in [0.3, 0.4) is 0 Å². The highest BCUT2D eigenvalue weighted by Crippen LogP contribution is 2.42. The van der Waals surface area contributed by atoms with E-state index in [0.717, 1.165) is 22.0 Å². The lowest BCUT2D eigenvalue weighted by Gasteiger charge is -2.18. The summed E-state index contributed by atoms with van der Waals surface area (Å²) in [5.74, 6) is -0.528. The number of nitriles is 1. The second kappa shape index (κ2) is 9.05. The van der Waals surface area contributed by atoms with Crippen molar-refractivity contribution in [3.05, 3.63) is 112 Å². The molecule has 1 aliphatic rings. The Kier molecular flexibility index (Phi) is 5.79. The number of carbonyl (C=O) groups is 2. The molecule has 1 fully saturated rings. The fourth-order valence-corrected chi connectivity index (χ4v) is 5.55. The molecule has 1 amide bonds. The number of thioether (sulfide) groups is 1. The molecular formula is C28H21N3O2S. The Morgan fingerprint density at radius 1 is 1.06 bits per heavy atom. The predicted octanol–water partition coefficient (Wildman–Crippen LogP) is 5.79. The Hall–Kier alpha value is -4.08. The summed E-state index contributed by atoms with van der Waals surface area (Å²) in [5, 5.41) is 10.8. The van der Waals surface area contributed by atoms with Gasteiger partial charge in [-0.2, -0.15) is 5.26 Å². The number of allylic oxidation sites excluding steroid dienone is 1. The van der Waals surface area contributed by atoms with E-state index in [1.165, 1.54) is 16.7 Å². The van der Waals surface area contributed by atoms with Crippen LogP contribution in [0.2, 0.25) is 0 Å². The molecule has 1 atom stereocenters. The average Bonchev–Trinajstić information content (AvgIpc) is 3.42. The molecule has 4 aromatic rings. The smallest absolute Gasteiger partial charge is 0.245 e. The van der Waals surface area contributed by atoms with E-state index in [1.54, 1.807) is 6.20 Å². The summed E-state index contributed by atoms with van der Waals surface area (Å²) in [5.41, 5.74) is 4.01. The van der Waals surface area contributed by atoms with Crippen LogP contribution in [-0.4, -0.2) is 21.9 Å². The molecular weight excluding hydrogens is 442 g/mol. The van der Waals surface area contributed by atoms with Crippen molar-refractivity contribution >= 4 is 40.0 Å². The zero-order valence-corrected chi connectivity index (χ0v) is 19.3. The van der Waals surface area contributed by atoms with Crippen LogP contribution < -0.4 is 4.90 Å². The van der Waals surface area contributed by atoms with Crippen LogP contribution in [0.15, 0.2) is 95.7 Å². The fourth-order valence-electron chi connectivity index (χ4n) is 4.25. The van der Waals surface area contributed by atoms with Crippen molar-refractivity contribution in [2.75, 3.05) is 4.90 Å². The van der Waals surface area contributed by atoms with Gasteiger partial charge in [0.15, 0.2) is 0 Å². The van der Waals surface area contributed by atoms with Gasteiger partial charge < -0.3 is 4.98 Å². The summed E-state index contributed by atoms with van der Waals surface area (Å²) in [6.45, 7) is 2.02. The van der Waals surface area contributed by atoms with Crippen molar-refractivity contribution in [3.8, 4) is 6.07 Å². The van der Waals surface area contributed by atoms with E-state index in [1.807, 2.05) is 79.7 Å². The molecule has 1 N–H and O–H groups in total. The first-order valence-electron chi connectivity index (χ1n) is 10.9. The van der Waals surface area contributed by atoms with Crippen LogP contribution in [0, 0.1) is 18.3 Å². The maximum absolute atomic E-state index is 13.6. The minimum atomic E-state index is -0.434. The van der Waals surface area contributed by atoms with E-state index in [2.05, 4.69) is 17.1 Å². The molecule has 0 bridgehead atoms. The number of anilines is 1. The quantitative estimate of drug-likeness (QED) is 0.231. The normalized spacial score (nSPS) is 17.1. The number of carbonyl (C=O) groups excluding carboxylic acids is 2. The fraction of sp³-hybridized carbons (Fsp3) is 0.107. The van der Waals surface area contributed by atoms with Gasteiger partial charge in [0.1, 0.15) is 16.7 Å². The summed E-state index contributed by atoms with van der Waals surface area (Å²) < 4.78 is 0. The Labute approximate surface area is 201 Å². The number of aromatic amines is 1. The van der Waals surface area contributed by atoms with Gasteiger partial charge in [-0.05, 0) is 37.1 Å². The number of fused-ring (bicyclic) bond motifs is 1. The number of hydrogen-bond acceptors (Lipinski definition) is 4. The highest BCUT2D eigenvalue weighted by molar-refractivity contribution is 8.05. The lowest BCUT2D eigenvalue weighted by Crippen LogP contribution is -2.30. The molecule has 5 rings (SSSR count). The van der Waals surface area contributed by atoms with Crippen molar-refractivity contribution in [2.45, 2.75) is 18.6 Å². The van der Waals surface area contributed by atoms with Crippen molar-refractivity contribution in [2.24, 2.45) is 0 Å². The van der Waals surface area contributed by atoms with E-state index in [0.29, 0.717) is 22.7 Å². The second-order valence-electron chi connectivity index (χ2n) is 8.18. The first kappa shape index (κ1) is 21.7. The number of nitrogens with one attached hydrogen (secondary N) is 1. The predicted molar refractivity (Wildman–Crippen MR) is 135 cm³/mol. The molecule has 0 unspecified atom stereocenters. The Morgan fingerprint density at radius 2 is 1.82 bits per heavy atom. The number of Topliss-reactive ketones (excluding diaryl/α,β-unsaturated/α-hetero) is 1. The Balaban J connectivity index is 1.60. The summed E-state index contributed by atoms with van der Waals surface area (Å²) in [6, 6.07) is 26.8. The number of hydrogen-bond donors (Lipinski definition) is 1. The van der Waals surface area contributed by atoms with Gasteiger partial charge in [-0.1, -0.05) is 78.0 Å². The second-order valence-corrected chi connectivity index (χ2v) is 9.37. The number of amides is 1. The summed E-state index contributed by atoms with van der Waals surface area (Å²) in [7, 11) is 0. The van der Waals surface area contributed by atoms with Gasteiger partial charge in [0.2, 0.25) is 11.7 Å². The molecule has 2 heterocycles. The number of benzene rings is 3. The van der Waals surface area contributed by atoms with Crippen LogP contribution >= 0.6 is 11.8 Å². The first-order chi connectivity index (χ1) is 16.6. The van der Waals surface area contributed by atoms with Gasteiger partial charge in [0, 0.05) is 28.4 Å². The molecule has 5 nitrogen and oxygen atoms in total. The van der Waals surface area contributed by atoms with Gasteiger partial charge >= 0.3 is 0 Å². The van der Waals surface area contributed by atoms with E-state index >= 15 is 0 Å². The standard InChI is InChI=1S/C28H21N3O2S/c1-18-8-7-9-19(14-18)15-25-27(33)31(20-10-3-2-4-11-20)28(34-25)22(16-29)26(32)23-17-30-24-13-6-5-12-21(23)24/h2-14,17,25,30H,15H2,1H3/b28-22-/t25-/m1/s1. The number of para-hydroxylation sites is 2. The highest BCUT2D eigenvalue weighted by Gasteiger charge is 2.41. The molecule has 1 aliphatic heterocycles. The van der Waals surface area contributed by atoms with Crippen LogP contribution in [0.4, 0.5) is 5.69 Å². The van der Waals surface area contributed by atoms with Gasteiger partial charge in [-0.3, -0.25) is 14.5 Å². The number of aryl methyl sites for hydroxylation is 1. The molecule has 6 heteroatoms. The molecule has 3 aromatic carbocycles. The number of ketones is 1. The first-order valence-corrected chi connectivity index (χ1v) is 11.8. The molecule has 0 spiro atoms. The van der Waals surface area contributed by atoms with E-state index in [9.17, 15) is 14.9 Å². The molecule has 0 radical (unpaired) electrons. The van der Waals surface area contributed by atoms with Gasteiger partial charge in [-0.25, -0.2) is 0 Å². The topological polar surface area (TPSA) is 77.0 Å². The van der Waals surface area contributed by atoms with Crippen LogP contribution in [0.1, 0.15) is 21.5 Å². The third-order valence-corrected chi connectivity index (χ3v) is 7.12. The van der Waals surface area contributed by atoms with Gasteiger partial charge in [-0.15, -0.1) is 0 Å². The minimum absolute atomic E-state index is 0.0290. The Morgan fingerprint density at radius 3 is 2.59 bits per heavy atom. The third kappa shape index (κ3) is 3.91. The third-order valence-electron chi connectivity index (χ3n) is 5.86. The molecule has 34 heavy (non-hydrogen) atoms. The van der Waals surface area contributed by atoms with E-state index < -0.39 is 11.0 Å². The summed E-state index contributed by atoms with van der Waals surface area (Å²) in [6.07, 6.45) is 2.14. The maximum Gasteiger partial charge on any atom is 0.245 e. The van der Waals surface area contributed by atoms with Crippen molar-refractivity contribution in [1.82, 2.24) is 4.98 Å². The largest absolute Gasteiger partial charge is 0.360 e. The van der Waals surface area contributed by atoms with E-state index in [4.69, 9.17) is 0 Å². The average molecular weight is 464 g/mol.